The zero-order valence-corrected chi connectivity index (χ0v) is 15.8. The molecule has 2 aromatic heterocycles. The Morgan fingerprint density at radius 2 is 1.92 bits per heavy atom. The Balaban J connectivity index is 0.00000151. The first-order valence-electron chi connectivity index (χ1n) is 8.71. The molecule has 2 atom stereocenters. The fourth-order valence-corrected chi connectivity index (χ4v) is 2.45. The van der Waals surface area contributed by atoms with E-state index in [0.29, 0.717) is 24.0 Å². The minimum atomic E-state index is 0.134. The second-order valence-electron chi connectivity index (χ2n) is 6.00. The van der Waals surface area contributed by atoms with Gasteiger partial charge in [-0.2, -0.15) is 5.26 Å². The van der Waals surface area contributed by atoms with E-state index in [1.54, 1.807) is 18.5 Å². The largest absolute Gasteiger partial charge is 0.476 e. The summed E-state index contributed by atoms with van der Waals surface area (Å²) in [4.78, 5) is 8.49. The number of hydrogen-bond acceptors (Lipinski definition) is 5. The van der Waals surface area contributed by atoms with Crippen LogP contribution in [0.2, 0.25) is 0 Å². The molecule has 0 spiro atoms. The van der Waals surface area contributed by atoms with Crippen molar-refractivity contribution in [2.24, 2.45) is 11.7 Å². The molecule has 2 rings (SSSR count). The number of aromatic nitrogens is 2. The van der Waals surface area contributed by atoms with E-state index in [1.807, 2.05) is 39.8 Å². The Bertz CT molecular complexity index is 707. The molecule has 2 unspecified atom stereocenters. The molecule has 0 radical (unpaired) electrons. The van der Waals surface area contributed by atoms with Gasteiger partial charge in [0, 0.05) is 29.7 Å². The van der Waals surface area contributed by atoms with Crippen LogP contribution in [0.25, 0.3) is 11.1 Å². The van der Waals surface area contributed by atoms with Crippen LogP contribution in [0.1, 0.15) is 45.4 Å². The summed E-state index contributed by atoms with van der Waals surface area (Å²) in [5.41, 5.74) is 9.01. The SMILES string of the molecule is CC.Cc1cc(-c2cnc(OCC(C)CC(C)N)c(C#N)c2)ccn1. The third-order valence-corrected chi connectivity index (χ3v) is 3.48. The molecule has 0 aromatic carbocycles. The van der Waals surface area contributed by atoms with Gasteiger partial charge in [-0.05, 0) is 49.9 Å². The highest BCUT2D eigenvalue weighted by Gasteiger charge is 2.11. The Morgan fingerprint density at radius 3 is 2.52 bits per heavy atom. The lowest BCUT2D eigenvalue weighted by Crippen LogP contribution is -2.21. The summed E-state index contributed by atoms with van der Waals surface area (Å²) in [6.07, 6.45) is 4.34. The van der Waals surface area contributed by atoms with E-state index in [2.05, 4.69) is 23.0 Å². The molecule has 2 aromatic rings. The van der Waals surface area contributed by atoms with Gasteiger partial charge in [-0.25, -0.2) is 4.98 Å². The summed E-state index contributed by atoms with van der Waals surface area (Å²) in [5.74, 6) is 0.685. The van der Waals surface area contributed by atoms with Gasteiger partial charge >= 0.3 is 0 Å². The summed E-state index contributed by atoms with van der Waals surface area (Å²) >= 11 is 0. The van der Waals surface area contributed by atoms with Crippen LogP contribution in [0.15, 0.2) is 30.6 Å². The lowest BCUT2D eigenvalue weighted by atomic mass is 10.0. The van der Waals surface area contributed by atoms with Gasteiger partial charge < -0.3 is 10.5 Å². The monoisotopic (exact) mass is 340 g/mol. The normalized spacial score (nSPS) is 12.4. The Hall–Kier alpha value is -2.45. The molecule has 2 N–H and O–H groups in total. The second kappa shape index (κ2) is 10.4. The topological polar surface area (TPSA) is 84.8 Å². The van der Waals surface area contributed by atoms with Crippen molar-refractivity contribution in [1.29, 1.82) is 5.26 Å². The average molecular weight is 340 g/mol. The molecule has 0 saturated heterocycles. The molecule has 0 amide bonds. The van der Waals surface area contributed by atoms with Crippen molar-refractivity contribution in [3.63, 3.8) is 0 Å². The van der Waals surface area contributed by atoms with Gasteiger partial charge in [0.2, 0.25) is 5.88 Å². The van der Waals surface area contributed by atoms with Crippen LogP contribution in [0.5, 0.6) is 5.88 Å². The third kappa shape index (κ3) is 6.52. The third-order valence-electron chi connectivity index (χ3n) is 3.48. The number of nitrogens with zero attached hydrogens (tertiary/aromatic N) is 3. The van der Waals surface area contributed by atoms with Crippen molar-refractivity contribution in [1.82, 2.24) is 9.97 Å². The van der Waals surface area contributed by atoms with Gasteiger partial charge in [0.1, 0.15) is 11.6 Å². The summed E-state index contributed by atoms with van der Waals surface area (Å²) in [6.45, 7) is 10.5. The van der Waals surface area contributed by atoms with Crippen molar-refractivity contribution in [2.75, 3.05) is 6.61 Å². The smallest absolute Gasteiger partial charge is 0.231 e. The van der Waals surface area contributed by atoms with Gasteiger partial charge in [0.25, 0.3) is 0 Å². The predicted molar refractivity (Wildman–Crippen MR) is 101 cm³/mol. The molecule has 0 saturated carbocycles. The van der Waals surface area contributed by atoms with Crippen molar-refractivity contribution in [3.05, 3.63) is 41.9 Å². The molecule has 134 valence electrons. The van der Waals surface area contributed by atoms with E-state index < -0.39 is 0 Å². The van der Waals surface area contributed by atoms with E-state index in [-0.39, 0.29) is 6.04 Å². The standard InChI is InChI=1S/C18H22N4O.C2H6/c1-12(6-13(2)20)11-23-18-16(9-19)8-17(10-22-18)15-4-5-21-14(3)7-15;1-2/h4-5,7-8,10,12-13H,6,11,20H2,1-3H3;1-2H3. The summed E-state index contributed by atoms with van der Waals surface area (Å²) in [6, 6.07) is 7.95. The van der Waals surface area contributed by atoms with Crippen LogP contribution in [-0.4, -0.2) is 22.6 Å². The van der Waals surface area contributed by atoms with Crippen LogP contribution >= 0.6 is 0 Å². The highest BCUT2D eigenvalue weighted by Crippen LogP contribution is 2.24. The van der Waals surface area contributed by atoms with E-state index in [1.165, 1.54) is 0 Å². The molecule has 5 heteroatoms. The van der Waals surface area contributed by atoms with Crippen molar-refractivity contribution in [3.8, 4) is 23.1 Å². The molecule has 5 nitrogen and oxygen atoms in total. The van der Waals surface area contributed by atoms with E-state index in [0.717, 1.165) is 23.2 Å². The summed E-state index contributed by atoms with van der Waals surface area (Å²) in [5, 5.41) is 9.35. The number of rotatable bonds is 6. The van der Waals surface area contributed by atoms with Gasteiger partial charge in [0.15, 0.2) is 0 Å². The Morgan fingerprint density at radius 1 is 1.20 bits per heavy atom. The number of hydrogen-bond donors (Lipinski definition) is 1. The number of nitrogens with two attached hydrogens (primary N) is 1. The van der Waals surface area contributed by atoms with E-state index in [9.17, 15) is 5.26 Å². The number of aryl methyl sites for hydroxylation is 1. The Labute approximate surface area is 150 Å². The molecule has 0 aliphatic heterocycles. The van der Waals surface area contributed by atoms with Crippen LogP contribution in [-0.2, 0) is 0 Å². The van der Waals surface area contributed by atoms with Gasteiger partial charge in [-0.15, -0.1) is 0 Å². The van der Waals surface area contributed by atoms with Gasteiger partial charge in [-0.1, -0.05) is 20.8 Å². The zero-order chi connectivity index (χ0) is 18.8. The highest BCUT2D eigenvalue weighted by atomic mass is 16.5. The number of pyridine rings is 2. The lowest BCUT2D eigenvalue weighted by Gasteiger charge is -2.15. The predicted octanol–water partition coefficient (Wildman–Crippen LogP) is 4.10. The van der Waals surface area contributed by atoms with Crippen molar-refractivity contribution in [2.45, 2.75) is 47.1 Å². The molecular formula is C20H28N4O. The van der Waals surface area contributed by atoms with E-state index >= 15 is 0 Å². The van der Waals surface area contributed by atoms with Crippen molar-refractivity contribution >= 4 is 0 Å². The zero-order valence-electron chi connectivity index (χ0n) is 15.8. The van der Waals surface area contributed by atoms with Crippen LogP contribution < -0.4 is 10.5 Å². The summed E-state index contributed by atoms with van der Waals surface area (Å²) < 4.78 is 5.70. The summed E-state index contributed by atoms with van der Waals surface area (Å²) in [7, 11) is 0. The Kier molecular flexibility index (Phi) is 8.59. The minimum Gasteiger partial charge on any atom is -0.476 e. The van der Waals surface area contributed by atoms with Crippen molar-refractivity contribution < 1.29 is 4.74 Å². The fraction of sp³-hybridized carbons (Fsp3) is 0.450. The quantitative estimate of drug-likeness (QED) is 0.855. The van der Waals surface area contributed by atoms with Crippen LogP contribution in [0.4, 0.5) is 0 Å². The fourth-order valence-electron chi connectivity index (χ4n) is 2.45. The van der Waals surface area contributed by atoms with E-state index in [4.69, 9.17) is 10.5 Å². The average Bonchev–Trinajstić information content (AvgIpc) is 2.61. The number of ether oxygens (including phenoxy) is 1. The molecule has 25 heavy (non-hydrogen) atoms. The molecule has 0 aliphatic rings. The van der Waals surface area contributed by atoms with Gasteiger partial charge in [-0.3, -0.25) is 4.98 Å². The number of nitriles is 1. The molecule has 0 aliphatic carbocycles. The molecule has 0 bridgehead atoms. The first-order chi connectivity index (χ1) is 12.0. The maximum atomic E-state index is 9.35. The molecule has 2 heterocycles. The maximum Gasteiger partial charge on any atom is 0.231 e. The molecular weight excluding hydrogens is 312 g/mol. The highest BCUT2D eigenvalue weighted by molar-refractivity contribution is 5.65. The first kappa shape index (κ1) is 20.6. The lowest BCUT2D eigenvalue weighted by molar-refractivity contribution is 0.238. The minimum absolute atomic E-state index is 0.134. The first-order valence-corrected chi connectivity index (χ1v) is 8.71. The maximum absolute atomic E-state index is 9.35. The molecule has 0 fully saturated rings. The van der Waals surface area contributed by atoms with Crippen LogP contribution in [0.3, 0.4) is 0 Å². The van der Waals surface area contributed by atoms with Crippen LogP contribution in [0, 0.1) is 24.2 Å². The second-order valence-corrected chi connectivity index (χ2v) is 6.00. The van der Waals surface area contributed by atoms with Gasteiger partial charge in [0.05, 0.1) is 6.61 Å².